The molecule has 0 fully saturated rings. The molecule has 0 radical (unpaired) electrons. The highest BCUT2D eigenvalue weighted by molar-refractivity contribution is 5.87. The minimum atomic E-state index is -0.905. The fourth-order valence-electron chi connectivity index (χ4n) is 1.96. The van der Waals surface area contributed by atoms with Gasteiger partial charge in [0.15, 0.2) is 11.5 Å². The van der Waals surface area contributed by atoms with Crippen molar-refractivity contribution in [3.63, 3.8) is 0 Å². The third-order valence-electron chi connectivity index (χ3n) is 3.16. The van der Waals surface area contributed by atoms with Crippen LogP contribution in [0.1, 0.15) is 17.0 Å². The number of carbonyl (C=O) groups is 1. The van der Waals surface area contributed by atoms with Crippen molar-refractivity contribution in [2.75, 3.05) is 7.11 Å². The van der Waals surface area contributed by atoms with Crippen LogP contribution >= 0.6 is 12.4 Å². The van der Waals surface area contributed by atoms with E-state index in [-0.39, 0.29) is 31.4 Å². The summed E-state index contributed by atoms with van der Waals surface area (Å²) in [5.41, 5.74) is 1.43. The van der Waals surface area contributed by atoms with Gasteiger partial charge in [-0.25, -0.2) is 4.79 Å². The van der Waals surface area contributed by atoms with Crippen molar-refractivity contribution in [2.24, 2.45) is 0 Å². The Labute approximate surface area is 160 Å². The number of phenols is 1. The fraction of sp³-hybridized carbons (Fsp3) is 0.176. The van der Waals surface area contributed by atoms with Gasteiger partial charge in [0, 0.05) is 6.08 Å². The number of esters is 1. The van der Waals surface area contributed by atoms with Crippen molar-refractivity contribution in [3.05, 3.63) is 69.5 Å². The van der Waals surface area contributed by atoms with Crippen molar-refractivity contribution < 1.29 is 29.3 Å². The molecule has 27 heavy (non-hydrogen) atoms. The molecule has 9 nitrogen and oxygen atoms in total. The summed E-state index contributed by atoms with van der Waals surface area (Å²) < 4.78 is 10.1. The Morgan fingerprint density at radius 3 is 2.63 bits per heavy atom. The average Bonchev–Trinajstić information content (AvgIpc) is 2.64. The zero-order valence-electron chi connectivity index (χ0n) is 14.2. The van der Waals surface area contributed by atoms with Gasteiger partial charge in [0.25, 0.3) is 5.09 Å². The van der Waals surface area contributed by atoms with E-state index < -0.39 is 11.1 Å². The maximum Gasteiger partial charge on any atom is 0.331 e. The molecule has 0 aliphatic rings. The van der Waals surface area contributed by atoms with E-state index in [2.05, 4.69) is 9.82 Å². The van der Waals surface area contributed by atoms with Crippen molar-refractivity contribution in [1.29, 1.82) is 0 Å². The minimum Gasteiger partial charge on any atom is -0.504 e. The van der Waals surface area contributed by atoms with E-state index in [9.17, 15) is 20.0 Å². The van der Waals surface area contributed by atoms with Crippen LogP contribution in [0.3, 0.4) is 0 Å². The minimum absolute atomic E-state index is 0. The van der Waals surface area contributed by atoms with E-state index in [0.29, 0.717) is 22.7 Å². The van der Waals surface area contributed by atoms with Crippen molar-refractivity contribution in [1.82, 2.24) is 4.98 Å². The number of pyridine rings is 1. The van der Waals surface area contributed by atoms with Gasteiger partial charge in [-0.1, -0.05) is 12.1 Å². The Balaban J connectivity index is 0.00000364. The standard InChI is InChI=1S/C17H16N2O7.ClH/c1-24-16-9-12(5-7-15(16)20)6-8-17(21)25-10-13-3-2-4-14(18-13)11-26-19(22)23;/h2-9,20H,10-11H2,1H3;1H. The molecule has 0 bridgehead atoms. The lowest BCUT2D eigenvalue weighted by Crippen LogP contribution is -2.06. The highest BCUT2D eigenvalue weighted by atomic mass is 35.5. The van der Waals surface area contributed by atoms with Crippen molar-refractivity contribution >= 4 is 24.5 Å². The first-order chi connectivity index (χ1) is 12.5. The Morgan fingerprint density at radius 1 is 1.26 bits per heavy atom. The Hall–Kier alpha value is -3.33. The van der Waals surface area contributed by atoms with E-state index in [1.165, 1.54) is 25.3 Å². The number of phenolic OH excluding ortho intramolecular Hbond substituents is 1. The maximum absolute atomic E-state index is 11.8. The highest BCUT2D eigenvalue weighted by Crippen LogP contribution is 2.26. The van der Waals surface area contributed by atoms with Gasteiger partial charge in [-0.15, -0.1) is 22.5 Å². The number of halogens is 1. The lowest BCUT2D eigenvalue weighted by Gasteiger charge is -2.05. The monoisotopic (exact) mass is 396 g/mol. The molecule has 1 aromatic heterocycles. The maximum atomic E-state index is 11.8. The molecule has 0 aliphatic heterocycles. The van der Waals surface area contributed by atoms with Crippen molar-refractivity contribution in [3.8, 4) is 11.5 Å². The van der Waals surface area contributed by atoms with Crippen LogP contribution in [-0.4, -0.2) is 28.3 Å². The summed E-state index contributed by atoms with van der Waals surface area (Å²) in [5, 5.41) is 18.8. The van der Waals surface area contributed by atoms with Gasteiger partial charge in [0.1, 0.15) is 13.2 Å². The van der Waals surface area contributed by atoms with Crippen LogP contribution in [0.25, 0.3) is 6.08 Å². The molecule has 0 saturated carbocycles. The summed E-state index contributed by atoms with van der Waals surface area (Å²) in [6, 6.07) is 9.45. The normalized spacial score (nSPS) is 10.1. The summed E-state index contributed by atoms with van der Waals surface area (Å²) in [7, 11) is 1.43. The molecular weight excluding hydrogens is 380 g/mol. The zero-order valence-corrected chi connectivity index (χ0v) is 15.0. The van der Waals surface area contributed by atoms with E-state index in [0.717, 1.165) is 0 Å². The average molecular weight is 397 g/mol. The molecule has 0 unspecified atom stereocenters. The predicted octanol–water partition coefficient (Wildman–Crippen LogP) is 2.68. The molecule has 0 saturated heterocycles. The van der Waals surface area contributed by atoms with Crippen LogP contribution in [0.4, 0.5) is 0 Å². The number of hydrogen-bond donors (Lipinski definition) is 1. The van der Waals surface area contributed by atoms with Crippen molar-refractivity contribution in [2.45, 2.75) is 13.2 Å². The number of hydrogen-bond acceptors (Lipinski definition) is 8. The molecule has 0 atom stereocenters. The molecule has 10 heteroatoms. The van der Waals surface area contributed by atoms with E-state index in [1.807, 2.05) is 0 Å². The van der Waals surface area contributed by atoms with Crippen LogP contribution < -0.4 is 4.74 Å². The Bertz CT molecular complexity index is 827. The molecule has 0 spiro atoms. The number of rotatable bonds is 8. The quantitative estimate of drug-likeness (QED) is 0.313. The molecule has 2 rings (SSSR count). The summed E-state index contributed by atoms with van der Waals surface area (Å²) in [6.45, 7) is -0.369. The topological polar surface area (TPSA) is 121 Å². The predicted molar refractivity (Wildman–Crippen MR) is 96.8 cm³/mol. The Morgan fingerprint density at radius 2 is 1.96 bits per heavy atom. The van der Waals surface area contributed by atoms with Gasteiger partial charge in [0.2, 0.25) is 0 Å². The number of methoxy groups -OCH3 is 1. The zero-order chi connectivity index (χ0) is 18.9. The molecule has 1 aromatic carbocycles. The number of nitrogens with zero attached hydrogens (tertiary/aromatic N) is 2. The number of benzene rings is 1. The van der Waals surface area contributed by atoms with Crippen LogP contribution in [0.15, 0.2) is 42.5 Å². The van der Waals surface area contributed by atoms with Gasteiger partial charge >= 0.3 is 5.97 Å². The smallest absolute Gasteiger partial charge is 0.331 e. The largest absolute Gasteiger partial charge is 0.504 e. The van der Waals surface area contributed by atoms with E-state index in [4.69, 9.17) is 9.47 Å². The fourth-order valence-corrected chi connectivity index (χ4v) is 1.96. The second kappa shape index (κ2) is 10.6. The molecule has 2 aromatic rings. The van der Waals surface area contributed by atoms with Gasteiger partial charge < -0.3 is 19.4 Å². The second-order valence-corrected chi connectivity index (χ2v) is 4.99. The first-order valence-corrected chi connectivity index (χ1v) is 7.42. The molecule has 1 heterocycles. The summed E-state index contributed by atoms with van der Waals surface area (Å²) in [6.07, 6.45) is 2.74. The molecule has 1 N–H and O–H groups in total. The van der Waals surface area contributed by atoms with E-state index in [1.54, 1.807) is 30.3 Å². The third-order valence-corrected chi connectivity index (χ3v) is 3.16. The second-order valence-electron chi connectivity index (χ2n) is 4.99. The highest BCUT2D eigenvalue weighted by Gasteiger charge is 2.05. The number of ether oxygens (including phenoxy) is 2. The Kier molecular flexibility index (Phi) is 8.54. The van der Waals surface area contributed by atoms with Gasteiger partial charge in [-0.3, -0.25) is 4.98 Å². The SMILES string of the molecule is COc1cc(C=CC(=O)OCc2cccc(CO[N+](=O)[O-])n2)ccc1O.Cl. The van der Waals surface area contributed by atoms with Gasteiger partial charge in [-0.05, 0) is 35.9 Å². The molecule has 144 valence electrons. The van der Waals surface area contributed by atoms with Crippen LogP contribution in [0.5, 0.6) is 11.5 Å². The summed E-state index contributed by atoms with van der Waals surface area (Å²) in [5.74, 6) is -0.302. The van der Waals surface area contributed by atoms with Crippen LogP contribution in [0.2, 0.25) is 0 Å². The summed E-state index contributed by atoms with van der Waals surface area (Å²) >= 11 is 0. The van der Waals surface area contributed by atoms with E-state index >= 15 is 0 Å². The number of carbonyl (C=O) groups excluding carboxylic acids is 1. The lowest BCUT2D eigenvalue weighted by molar-refractivity contribution is -0.763. The first-order valence-electron chi connectivity index (χ1n) is 7.42. The number of aromatic nitrogens is 1. The third kappa shape index (κ3) is 7.20. The van der Waals surface area contributed by atoms with Gasteiger partial charge in [-0.2, -0.15) is 0 Å². The lowest BCUT2D eigenvalue weighted by atomic mass is 10.2. The molecular formula is C17H17ClN2O7. The summed E-state index contributed by atoms with van der Waals surface area (Å²) in [4.78, 5) is 30.3. The van der Waals surface area contributed by atoms with Crippen LogP contribution in [0, 0.1) is 10.1 Å². The first kappa shape index (κ1) is 21.7. The molecule has 0 aliphatic carbocycles. The molecule has 0 amide bonds. The van der Waals surface area contributed by atoms with Gasteiger partial charge in [0.05, 0.1) is 18.5 Å². The van der Waals surface area contributed by atoms with Crippen LogP contribution in [-0.2, 0) is 27.6 Å². The number of aromatic hydroxyl groups is 1.